The van der Waals surface area contributed by atoms with Crippen molar-refractivity contribution >= 4 is 41.4 Å². The van der Waals surface area contributed by atoms with Gasteiger partial charge in [0.1, 0.15) is 24.2 Å². The molecule has 4 atom stereocenters. The van der Waals surface area contributed by atoms with Gasteiger partial charge in [0.15, 0.2) is 0 Å². The van der Waals surface area contributed by atoms with E-state index in [1.807, 2.05) is 0 Å². The Morgan fingerprint density at radius 2 is 1.16 bits per heavy atom. The van der Waals surface area contributed by atoms with Crippen LogP contribution in [0.5, 0.6) is 0 Å². The largest absolute Gasteiger partial charge is 0.480 e. The Hall–Kier alpha value is -3.71. The van der Waals surface area contributed by atoms with Crippen molar-refractivity contribution in [2.45, 2.75) is 156 Å². The lowest BCUT2D eigenvalue weighted by atomic mass is 10.0. The summed E-state index contributed by atoms with van der Waals surface area (Å²) in [6, 6.07) is -3.71. The second-order valence-electron chi connectivity index (χ2n) is 14.1. The average Bonchev–Trinajstić information content (AvgIpc) is 3.55. The number of unbranched alkanes of at least 4 members (excludes halogenated alkanes) is 10. The topological polar surface area (TPSA) is 203 Å². The van der Waals surface area contributed by atoms with E-state index in [9.17, 15) is 38.7 Å². The molecule has 1 rings (SSSR count). The Balaban J connectivity index is 2.46. The summed E-state index contributed by atoms with van der Waals surface area (Å²) in [7, 11) is 0. The van der Waals surface area contributed by atoms with Gasteiger partial charge in [-0.2, -0.15) is 0 Å². The van der Waals surface area contributed by atoms with E-state index in [2.05, 4.69) is 33.5 Å². The lowest BCUT2D eigenvalue weighted by Crippen LogP contribution is -2.55. The summed E-state index contributed by atoms with van der Waals surface area (Å²) in [5.74, 6) is -4.94. The van der Waals surface area contributed by atoms with Gasteiger partial charge < -0.3 is 36.6 Å². The number of hydrogen-bond donors (Lipinski definition) is 6. The zero-order chi connectivity index (χ0) is 37.6. The number of carboxylic acid groups (broad SMARTS) is 1. The van der Waals surface area contributed by atoms with Crippen LogP contribution in [0.4, 0.5) is 0 Å². The number of carbonyl (C=O) groups is 7. The highest BCUT2D eigenvalue weighted by Gasteiger charge is 2.36. The summed E-state index contributed by atoms with van der Waals surface area (Å²) in [6.45, 7) is 9.95. The van der Waals surface area contributed by atoms with E-state index < -0.39 is 66.9 Å². The van der Waals surface area contributed by atoms with Crippen LogP contribution in [-0.2, 0) is 33.6 Å². The molecule has 0 unspecified atom stereocenters. The Labute approximate surface area is 298 Å². The predicted molar refractivity (Wildman–Crippen MR) is 191 cm³/mol. The van der Waals surface area contributed by atoms with Gasteiger partial charge in [-0.3, -0.25) is 28.8 Å². The quantitative estimate of drug-likeness (QED) is 0.0777. The van der Waals surface area contributed by atoms with Crippen molar-refractivity contribution in [3.8, 4) is 0 Å². The molecule has 0 aromatic carbocycles. The molecule has 1 aliphatic rings. The Kier molecular flexibility index (Phi) is 21.7. The number of rotatable bonds is 25. The summed E-state index contributed by atoms with van der Waals surface area (Å²) in [5.41, 5.74) is 0. The van der Waals surface area contributed by atoms with Gasteiger partial charge >= 0.3 is 5.97 Å². The number of hydrogen-bond acceptors (Lipinski definition) is 7. The maximum absolute atomic E-state index is 13.2. The fraction of sp³-hybridized carbons (Fsp3) is 0.806. The maximum Gasteiger partial charge on any atom is 0.326 e. The van der Waals surface area contributed by atoms with E-state index in [0.717, 1.165) is 19.3 Å². The summed E-state index contributed by atoms with van der Waals surface area (Å²) >= 11 is 0. The zero-order valence-corrected chi connectivity index (χ0v) is 31.2. The molecule has 14 heteroatoms. The Morgan fingerprint density at radius 3 is 1.68 bits per heavy atom. The lowest BCUT2D eigenvalue weighted by molar-refractivity contribution is -0.143. The number of amides is 6. The number of nitrogens with zero attached hydrogens (tertiary/aromatic N) is 1. The van der Waals surface area contributed by atoms with Crippen LogP contribution in [0.2, 0.25) is 0 Å². The van der Waals surface area contributed by atoms with Crippen LogP contribution in [0.15, 0.2) is 0 Å². The van der Waals surface area contributed by atoms with E-state index >= 15 is 0 Å². The van der Waals surface area contributed by atoms with E-state index in [1.165, 1.54) is 56.3 Å². The third-order valence-electron chi connectivity index (χ3n) is 8.96. The highest BCUT2D eigenvalue weighted by Crippen LogP contribution is 2.19. The molecule has 0 saturated carbocycles. The first kappa shape index (κ1) is 44.3. The molecular formula is C36H64N6O8. The van der Waals surface area contributed by atoms with Gasteiger partial charge in [-0.15, -0.1) is 0 Å². The van der Waals surface area contributed by atoms with Gasteiger partial charge in [-0.25, -0.2) is 4.79 Å². The normalized spacial score (nSPS) is 16.0. The van der Waals surface area contributed by atoms with Crippen molar-refractivity contribution < 1.29 is 38.7 Å². The highest BCUT2D eigenvalue weighted by atomic mass is 16.4. The highest BCUT2D eigenvalue weighted by molar-refractivity contribution is 5.95. The van der Waals surface area contributed by atoms with Gasteiger partial charge in [0.05, 0.1) is 13.1 Å². The number of carboxylic acids is 1. The minimum absolute atomic E-state index is 0.192. The number of nitrogens with one attached hydrogen (secondary N) is 5. The molecule has 50 heavy (non-hydrogen) atoms. The molecule has 0 aliphatic carbocycles. The first-order valence-corrected chi connectivity index (χ1v) is 18.7. The Morgan fingerprint density at radius 1 is 0.660 bits per heavy atom. The molecule has 14 nitrogen and oxygen atoms in total. The fourth-order valence-electron chi connectivity index (χ4n) is 5.94. The summed E-state index contributed by atoms with van der Waals surface area (Å²) in [4.78, 5) is 89.1. The van der Waals surface area contributed by atoms with E-state index in [-0.39, 0.29) is 23.7 Å². The molecular weight excluding hydrogens is 644 g/mol. The van der Waals surface area contributed by atoms with Gasteiger partial charge in [-0.05, 0) is 38.0 Å². The Bertz CT molecular complexity index is 1110. The van der Waals surface area contributed by atoms with Crippen molar-refractivity contribution in [3.05, 3.63) is 0 Å². The number of aliphatic carboxylic acids is 1. The van der Waals surface area contributed by atoms with Gasteiger partial charge in [0.25, 0.3) is 0 Å². The molecule has 1 saturated heterocycles. The third-order valence-corrected chi connectivity index (χ3v) is 8.96. The number of carbonyl (C=O) groups excluding carboxylic acids is 6. The van der Waals surface area contributed by atoms with Crippen LogP contribution in [0.25, 0.3) is 0 Å². The summed E-state index contributed by atoms with van der Waals surface area (Å²) in [6.07, 6.45) is 14.4. The van der Waals surface area contributed by atoms with Crippen molar-refractivity contribution in [2.75, 3.05) is 19.6 Å². The van der Waals surface area contributed by atoms with E-state index in [1.54, 1.807) is 34.6 Å². The van der Waals surface area contributed by atoms with Crippen molar-refractivity contribution in [3.63, 3.8) is 0 Å². The molecule has 286 valence electrons. The smallest absolute Gasteiger partial charge is 0.326 e. The first-order chi connectivity index (χ1) is 23.7. The van der Waals surface area contributed by atoms with E-state index in [0.29, 0.717) is 25.8 Å². The molecule has 0 spiro atoms. The summed E-state index contributed by atoms with van der Waals surface area (Å²) < 4.78 is 0. The monoisotopic (exact) mass is 708 g/mol. The minimum atomic E-state index is -1.19. The van der Waals surface area contributed by atoms with Crippen LogP contribution in [0.3, 0.4) is 0 Å². The molecule has 1 heterocycles. The molecule has 0 aromatic rings. The average molecular weight is 709 g/mol. The summed E-state index contributed by atoms with van der Waals surface area (Å²) in [5, 5.41) is 21.9. The fourth-order valence-corrected chi connectivity index (χ4v) is 5.94. The van der Waals surface area contributed by atoms with Gasteiger partial charge in [0, 0.05) is 13.0 Å². The standard InChI is InChI=1S/C36H64N6O8/c1-7-8-9-10-11-12-13-14-15-16-17-20-28(43)39-26(6)35(48)42-21-18-19-27(42)33(46)37-22-29(44)40-31(24(2)3)34(47)38-23-30(45)41-32(25(4)5)36(49)50/h24-27,31-32H,7-23H2,1-6H3,(H,37,46)(H,38,47)(H,39,43)(H,40,44)(H,41,45)(H,49,50)/t26-,27-,31-,32-/m0/s1. The van der Waals surface area contributed by atoms with Crippen LogP contribution in [0.1, 0.15) is 131 Å². The molecule has 1 aliphatic heterocycles. The van der Waals surface area contributed by atoms with Crippen molar-refractivity contribution in [1.82, 2.24) is 31.5 Å². The molecule has 0 aromatic heterocycles. The van der Waals surface area contributed by atoms with Crippen molar-refractivity contribution in [2.24, 2.45) is 11.8 Å². The van der Waals surface area contributed by atoms with Crippen LogP contribution in [0, 0.1) is 11.8 Å². The first-order valence-electron chi connectivity index (χ1n) is 18.7. The number of likely N-dealkylation sites (tertiary alicyclic amines) is 1. The molecule has 0 bridgehead atoms. The molecule has 1 fully saturated rings. The predicted octanol–water partition coefficient (Wildman–Crippen LogP) is 2.78. The molecule has 0 radical (unpaired) electrons. The lowest BCUT2D eigenvalue weighted by Gasteiger charge is -2.27. The minimum Gasteiger partial charge on any atom is -0.480 e. The molecule has 6 N–H and O–H groups in total. The zero-order valence-electron chi connectivity index (χ0n) is 31.2. The van der Waals surface area contributed by atoms with Crippen LogP contribution < -0.4 is 26.6 Å². The maximum atomic E-state index is 13.2. The van der Waals surface area contributed by atoms with Crippen LogP contribution in [-0.4, -0.2) is 95.2 Å². The SMILES string of the molecule is CCCCCCCCCCCCCC(=O)N[C@@H](C)C(=O)N1CCC[C@H]1C(=O)NCC(=O)N[C@H](C(=O)NCC(=O)N[C@H](C(=O)O)C(C)C)C(C)C. The van der Waals surface area contributed by atoms with Gasteiger partial charge in [0.2, 0.25) is 35.4 Å². The second-order valence-corrected chi connectivity index (χ2v) is 14.1. The van der Waals surface area contributed by atoms with Gasteiger partial charge in [-0.1, -0.05) is 98.8 Å². The third kappa shape index (κ3) is 17.3. The van der Waals surface area contributed by atoms with Crippen LogP contribution >= 0.6 is 0 Å². The van der Waals surface area contributed by atoms with E-state index in [4.69, 9.17) is 0 Å². The molecule has 6 amide bonds. The van der Waals surface area contributed by atoms with Crippen molar-refractivity contribution in [1.29, 1.82) is 0 Å². The second kappa shape index (κ2) is 24.4.